The number of halogens is 2. The molecule has 0 radical (unpaired) electrons. The van der Waals surface area contributed by atoms with Crippen LogP contribution in [0.5, 0.6) is 5.75 Å². The van der Waals surface area contributed by atoms with Crippen molar-refractivity contribution >= 4 is 11.6 Å². The number of benzene rings is 1. The van der Waals surface area contributed by atoms with Gasteiger partial charge in [0.15, 0.2) is 0 Å². The number of aromatic nitrogens is 1. The van der Waals surface area contributed by atoms with Gasteiger partial charge in [0, 0.05) is 6.20 Å². The van der Waals surface area contributed by atoms with Gasteiger partial charge >= 0.3 is 0 Å². The Morgan fingerprint density at radius 2 is 2.17 bits per heavy atom. The lowest BCUT2D eigenvalue weighted by Crippen LogP contribution is -2.15. The fourth-order valence-corrected chi connectivity index (χ4v) is 1.79. The van der Waals surface area contributed by atoms with Crippen molar-refractivity contribution in [3.63, 3.8) is 0 Å². The third-order valence-electron chi connectivity index (χ3n) is 2.62. The van der Waals surface area contributed by atoms with Crippen LogP contribution in [0, 0.1) is 5.82 Å². The average molecular weight is 267 g/mol. The summed E-state index contributed by atoms with van der Waals surface area (Å²) in [4.78, 5) is 4.17. The fraction of sp³-hybridized carbons (Fsp3) is 0.154. The van der Waals surface area contributed by atoms with Crippen LogP contribution in [0.4, 0.5) is 4.39 Å². The van der Waals surface area contributed by atoms with Crippen molar-refractivity contribution in [2.24, 2.45) is 5.73 Å². The van der Waals surface area contributed by atoms with Gasteiger partial charge in [0.2, 0.25) is 0 Å². The number of pyridine rings is 1. The molecule has 94 valence electrons. The largest absolute Gasteiger partial charge is 0.495 e. The van der Waals surface area contributed by atoms with Gasteiger partial charge in [-0.1, -0.05) is 17.7 Å². The van der Waals surface area contributed by atoms with Crippen LogP contribution < -0.4 is 10.5 Å². The lowest BCUT2D eigenvalue weighted by Gasteiger charge is -2.15. The van der Waals surface area contributed by atoms with Crippen molar-refractivity contribution in [2.45, 2.75) is 6.04 Å². The van der Waals surface area contributed by atoms with Crippen LogP contribution in [-0.4, -0.2) is 12.1 Å². The molecule has 0 aliphatic rings. The van der Waals surface area contributed by atoms with Crippen molar-refractivity contribution < 1.29 is 9.13 Å². The molecular formula is C13H12ClFN2O. The number of nitrogens with zero attached hydrogens (tertiary/aromatic N) is 1. The van der Waals surface area contributed by atoms with E-state index in [0.29, 0.717) is 17.0 Å². The van der Waals surface area contributed by atoms with E-state index in [-0.39, 0.29) is 5.02 Å². The van der Waals surface area contributed by atoms with Gasteiger partial charge in [0.25, 0.3) is 0 Å². The van der Waals surface area contributed by atoms with E-state index in [2.05, 4.69) is 4.98 Å². The number of hydrogen-bond acceptors (Lipinski definition) is 3. The van der Waals surface area contributed by atoms with Gasteiger partial charge < -0.3 is 10.5 Å². The van der Waals surface area contributed by atoms with E-state index in [1.54, 1.807) is 24.4 Å². The van der Waals surface area contributed by atoms with Gasteiger partial charge in [-0.15, -0.1) is 0 Å². The molecule has 1 aromatic heterocycles. The highest BCUT2D eigenvalue weighted by molar-refractivity contribution is 6.30. The summed E-state index contributed by atoms with van der Waals surface area (Å²) in [6, 6.07) is 7.40. The molecule has 3 nitrogen and oxygen atoms in total. The highest BCUT2D eigenvalue weighted by Gasteiger charge is 2.16. The second kappa shape index (κ2) is 5.33. The van der Waals surface area contributed by atoms with E-state index in [0.717, 1.165) is 0 Å². The maximum Gasteiger partial charge on any atom is 0.142 e. The van der Waals surface area contributed by atoms with Crippen molar-refractivity contribution in [3.05, 3.63) is 58.6 Å². The van der Waals surface area contributed by atoms with Gasteiger partial charge in [-0.2, -0.15) is 0 Å². The number of rotatable bonds is 3. The maximum atomic E-state index is 13.4. The van der Waals surface area contributed by atoms with E-state index in [1.807, 2.05) is 0 Å². The third-order valence-corrected chi connectivity index (χ3v) is 2.92. The predicted octanol–water partition coefficient (Wildman–Crippen LogP) is 2.93. The first-order chi connectivity index (χ1) is 8.63. The van der Waals surface area contributed by atoms with Crippen LogP contribution in [-0.2, 0) is 0 Å². The SMILES string of the molecule is COc1cccnc1C(N)c1ccc(Cl)c(F)c1. The van der Waals surface area contributed by atoms with Gasteiger partial charge in [0.05, 0.1) is 18.2 Å². The Bertz CT molecular complexity index is 562. The summed E-state index contributed by atoms with van der Waals surface area (Å²) in [5.41, 5.74) is 7.21. The Morgan fingerprint density at radius 3 is 2.83 bits per heavy atom. The summed E-state index contributed by atoms with van der Waals surface area (Å²) in [5.74, 6) is 0.0693. The van der Waals surface area contributed by atoms with E-state index in [4.69, 9.17) is 22.1 Å². The number of ether oxygens (including phenoxy) is 1. The molecule has 2 rings (SSSR count). The highest BCUT2D eigenvalue weighted by atomic mass is 35.5. The first kappa shape index (κ1) is 12.8. The molecule has 0 aliphatic heterocycles. The zero-order valence-corrected chi connectivity index (χ0v) is 10.5. The predicted molar refractivity (Wildman–Crippen MR) is 68.2 cm³/mol. The molecule has 2 aromatic rings. The van der Waals surface area contributed by atoms with E-state index >= 15 is 0 Å². The Balaban J connectivity index is 2.41. The summed E-state index contributed by atoms with van der Waals surface area (Å²) in [6.45, 7) is 0. The fourth-order valence-electron chi connectivity index (χ4n) is 1.67. The molecule has 0 saturated carbocycles. The molecule has 5 heteroatoms. The van der Waals surface area contributed by atoms with Crippen LogP contribution in [0.3, 0.4) is 0 Å². The van der Waals surface area contributed by atoms with Crippen LogP contribution in [0.1, 0.15) is 17.3 Å². The average Bonchev–Trinajstić information content (AvgIpc) is 2.41. The molecule has 0 fully saturated rings. The summed E-state index contributed by atoms with van der Waals surface area (Å²) in [6.07, 6.45) is 1.62. The molecule has 18 heavy (non-hydrogen) atoms. The van der Waals surface area contributed by atoms with Gasteiger partial charge in [-0.25, -0.2) is 4.39 Å². The second-order valence-electron chi connectivity index (χ2n) is 3.74. The molecule has 0 bridgehead atoms. The van der Waals surface area contributed by atoms with Crippen molar-refractivity contribution in [3.8, 4) is 5.75 Å². The lowest BCUT2D eigenvalue weighted by molar-refractivity contribution is 0.404. The Hall–Kier alpha value is -1.65. The highest BCUT2D eigenvalue weighted by Crippen LogP contribution is 2.27. The van der Waals surface area contributed by atoms with Gasteiger partial charge in [0.1, 0.15) is 17.3 Å². The lowest BCUT2D eigenvalue weighted by atomic mass is 10.0. The second-order valence-corrected chi connectivity index (χ2v) is 4.15. The van der Waals surface area contributed by atoms with Crippen molar-refractivity contribution in [1.29, 1.82) is 0 Å². The van der Waals surface area contributed by atoms with E-state index in [9.17, 15) is 4.39 Å². The molecular weight excluding hydrogens is 255 g/mol. The van der Waals surface area contributed by atoms with Crippen LogP contribution in [0.2, 0.25) is 5.02 Å². The van der Waals surface area contributed by atoms with Crippen molar-refractivity contribution in [2.75, 3.05) is 7.11 Å². The molecule has 1 atom stereocenters. The van der Waals surface area contributed by atoms with Gasteiger partial charge in [-0.05, 0) is 29.8 Å². The quantitative estimate of drug-likeness (QED) is 0.929. The number of methoxy groups -OCH3 is 1. The van der Waals surface area contributed by atoms with Crippen LogP contribution in [0.15, 0.2) is 36.5 Å². The van der Waals surface area contributed by atoms with E-state index < -0.39 is 11.9 Å². The zero-order chi connectivity index (χ0) is 13.1. The van der Waals surface area contributed by atoms with E-state index in [1.165, 1.54) is 19.2 Å². The molecule has 0 amide bonds. The molecule has 2 N–H and O–H groups in total. The Morgan fingerprint density at radius 1 is 1.39 bits per heavy atom. The number of hydrogen-bond donors (Lipinski definition) is 1. The smallest absolute Gasteiger partial charge is 0.142 e. The summed E-state index contributed by atoms with van der Waals surface area (Å²) in [7, 11) is 1.54. The monoisotopic (exact) mass is 266 g/mol. The van der Waals surface area contributed by atoms with Crippen molar-refractivity contribution in [1.82, 2.24) is 4.98 Å². The summed E-state index contributed by atoms with van der Waals surface area (Å²) in [5, 5.41) is 0.0685. The maximum absolute atomic E-state index is 13.4. The zero-order valence-electron chi connectivity index (χ0n) is 9.73. The first-order valence-electron chi connectivity index (χ1n) is 5.33. The minimum Gasteiger partial charge on any atom is -0.495 e. The Labute approximate surface area is 109 Å². The first-order valence-corrected chi connectivity index (χ1v) is 5.70. The summed E-state index contributed by atoms with van der Waals surface area (Å²) >= 11 is 5.63. The minimum atomic E-state index is -0.562. The minimum absolute atomic E-state index is 0.0685. The standard InChI is InChI=1S/C13H12ClFN2O/c1-18-11-3-2-6-17-13(11)12(16)8-4-5-9(14)10(15)7-8/h2-7,12H,16H2,1H3. The van der Waals surface area contributed by atoms with Gasteiger partial charge in [-0.3, -0.25) is 4.98 Å². The summed E-state index contributed by atoms with van der Waals surface area (Å²) < 4.78 is 18.6. The molecule has 1 unspecified atom stereocenters. The molecule has 0 spiro atoms. The topological polar surface area (TPSA) is 48.1 Å². The third kappa shape index (κ3) is 2.44. The normalized spacial score (nSPS) is 12.2. The molecule has 1 heterocycles. The number of nitrogens with two attached hydrogens (primary N) is 1. The molecule has 0 saturated heterocycles. The molecule has 0 aliphatic carbocycles. The van der Waals surface area contributed by atoms with Crippen LogP contribution in [0.25, 0.3) is 0 Å². The molecule has 1 aromatic carbocycles. The Kier molecular flexibility index (Phi) is 3.79. The van der Waals surface area contributed by atoms with Crippen LogP contribution >= 0.6 is 11.6 Å².